The largest absolute Gasteiger partial charge is 0.444 e. The number of benzodiazepines with no additional fused rings is 1. The van der Waals surface area contributed by atoms with E-state index in [0.29, 0.717) is 6.54 Å². The summed E-state index contributed by atoms with van der Waals surface area (Å²) in [5, 5.41) is 6.20. The van der Waals surface area contributed by atoms with E-state index in [1.165, 1.54) is 0 Å². The number of rotatable bonds is 2. The van der Waals surface area contributed by atoms with Gasteiger partial charge in [-0.2, -0.15) is 0 Å². The zero-order chi connectivity index (χ0) is 17.9. The third-order valence-electron chi connectivity index (χ3n) is 3.68. The molecule has 0 saturated carbocycles. The molecule has 0 fully saturated rings. The molecule has 25 heavy (non-hydrogen) atoms. The predicted octanol–water partition coefficient (Wildman–Crippen LogP) is 3.80. The lowest BCUT2D eigenvalue weighted by Crippen LogP contribution is -2.41. The van der Waals surface area contributed by atoms with E-state index in [1.807, 2.05) is 75.4 Å². The van der Waals surface area contributed by atoms with Crippen molar-refractivity contribution in [3.63, 3.8) is 0 Å². The molecule has 1 amide bonds. The Labute approximate surface area is 148 Å². The van der Waals surface area contributed by atoms with E-state index < -0.39 is 17.9 Å². The van der Waals surface area contributed by atoms with Crippen molar-refractivity contribution in [3.8, 4) is 0 Å². The van der Waals surface area contributed by atoms with Crippen molar-refractivity contribution in [3.05, 3.63) is 65.7 Å². The van der Waals surface area contributed by atoms with Gasteiger partial charge in [-0.25, -0.2) is 4.79 Å². The Kier molecular flexibility index (Phi) is 4.74. The summed E-state index contributed by atoms with van der Waals surface area (Å²) >= 11 is 0. The molecular weight excluding hydrogens is 314 g/mol. The van der Waals surface area contributed by atoms with Gasteiger partial charge in [0.1, 0.15) is 11.8 Å². The van der Waals surface area contributed by atoms with Gasteiger partial charge in [0.2, 0.25) is 0 Å². The average Bonchev–Trinajstić information content (AvgIpc) is 2.74. The number of hydrogen-bond donors (Lipinski definition) is 2. The molecule has 1 heterocycles. The number of nitrogens with one attached hydrogen (secondary N) is 2. The van der Waals surface area contributed by atoms with Crippen molar-refractivity contribution in [2.75, 3.05) is 11.9 Å². The molecule has 5 heteroatoms. The Morgan fingerprint density at radius 3 is 2.52 bits per heavy atom. The number of fused-ring (bicyclic) bond motifs is 1. The van der Waals surface area contributed by atoms with Gasteiger partial charge in [0.25, 0.3) is 0 Å². The van der Waals surface area contributed by atoms with Gasteiger partial charge in [0.05, 0.1) is 12.3 Å². The first-order valence-corrected chi connectivity index (χ1v) is 8.38. The van der Waals surface area contributed by atoms with Crippen LogP contribution in [0, 0.1) is 0 Å². The minimum Gasteiger partial charge on any atom is -0.444 e. The van der Waals surface area contributed by atoms with Gasteiger partial charge in [-0.1, -0.05) is 48.5 Å². The van der Waals surface area contributed by atoms with Crippen molar-refractivity contribution in [1.29, 1.82) is 0 Å². The Bertz CT molecular complexity index is 779. The molecule has 2 N–H and O–H groups in total. The van der Waals surface area contributed by atoms with Gasteiger partial charge in [0.15, 0.2) is 0 Å². The van der Waals surface area contributed by atoms with Gasteiger partial charge in [-0.3, -0.25) is 10.3 Å². The summed E-state index contributed by atoms with van der Waals surface area (Å²) in [6, 6.07) is 18.0. The highest BCUT2D eigenvalue weighted by atomic mass is 16.6. The minimum absolute atomic E-state index is 0.419. The van der Waals surface area contributed by atoms with Gasteiger partial charge in [0, 0.05) is 16.8 Å². The first kappa shape index (κ1) is 17.0. The summed E-state index contributed by atoms with van der Waals surface area (Å²) in [4.78, 5) is 16.9. The summed E-state index contributed by atoms with van der Waals surface area (Å²) in [5.41, 5.74) is 3.33. The second-order valence-corrected chi connectivity index (χ2v) is 6.93. The molecule has 0 spiro atoms. The Morgan fingerprint density at radius 1 is 1.12 bits per heavy atom. The number of hydrogen-bond acceptors (Lipinski definition) is 4. The van der Waals surface area contributed by atoms with Crippen LogP contribution in [0.4, 0.5) is 10.5 Å². The molecule has 0 saturated heterocycles. The quantitative estimate of drug-likeness (QED) is 0.876. The molecule has 1 aliphatic heterocycles. The fraction of sp³-hybridized carbons (Fsp3) is 0.300. The second kappa shape index (κ2) is 6.97. The van der Waals surface area contributed by atoms with Gasteiger partial charge in [-0.15, -0.1) is 0 Å². The number of amides is 1. The SMILES string of the molecule is CC(C)(C)OC(=O)NC1CNc2ccccc2C(c2ccccc2)=N1. The molecule has 2 aromatic carbocycles. The molecule has 2 aromatic rings. The molecule has 1 atom stereocenters. The van der Waals surface area contributed by atoms with E-state index in [2.05, 4.69) is 10.6 Å². The number of carbonyl (C=O) groups excluding carboxylic acids is 1. The summed E-state index contributed by atoms with van der Waals surface area (Å²) in [7, 11) is 0. The van der Waals surface area contributed by atoms with Crippen LogP contribution in [0.3, 0.4) is 0 Å². The number of carbonyl (C=O) groups is 1. The number of benzene rings is 2. The number of ether oxygens (including phenoxy) is 1. The number of para-hydroxylation sites is 1. The summed E-state index contributed by atoms with van der Waals surface area (Å²) < 4.78 is 5.35. The first-order valence-electron chi connectivity index (χ1n) is 8.38. The van der Waals surface area contributed by atoms with Crippen LogP contribution in [0.15, 0.2) is 59.6 Å². The van der Waals surface area contributed by atoms with Crippen LogP contribution in [0.5, 0.6) is 0 Å². The fourth-order valence-electron chi connectivity index (χ4n) is 2.67. The topological polar surface area (TPSA) is 62.7 Å². The van der Waals surface area contributed by atoms with E-state index in [9.17, 15) is 4.79 Å². The van der Waals surface area contributed by atoms with Crippen molar-refractivity contribution in [1.82, 2.24) is 5.32 Å². The van der Waals surface area contributed by atoms with E-state index in [0.717, 1.165) is 22.5 Å². The van der Waals surface area contributed by atoms with E-state index in [-0.39, 0.29) is 0 Å². The highest BCUT2D eigenvalue weighted by molar-refractivity contribution is 6.16. The molecule has 0 aliphatic carbocycles. The molecule has 0 bridgehead atoms. The Hall–Kier alpha value is -2.82. The monoisotopic (exact) mass is 337 g/mol. The van der Waals surface area contributed by atoms with E-state index in [4.69, 9.17) is 9.73 Å². The van der Waals surface area contributed by atoms with E-state index >= 15 is 0 Å². The highest BCUT2D eigenvalue weighted by Gasteiger charge is 2.23. The smallest absolute Gasteiger partial charge is 0.409 e. The molecule has 0 aromatic heterocycles. The molecule has 1 unspecified atom stereocenters. The molecular formula is C20H23N3O2. The summed E-state index contributed by atoms with van der Waals surface area (Å²) in [6.45, 7) is 6.01. The third-order valence-corrected chi connectivity index (χ3v) is 3.68. The lowest BCUT2D eigenvalue weighted by atomic mass is 10.0. The normalized spacial score (nSPS) is 16.8. The second-order valence-electron chi connectivity index (χ2n) is 6.93. The minimum atomic E-state index is -0.544. The maximum Gasteiger partial charge on any atom is 0.409 e. The van der Waals surface area contributed by atoms with Crippen LogP contribution in [-0.4, -0.2) is 30.1 Å². The molecule has 3 rings (SSSR count). The maximum atomic E-state index is 12.1. The zero-order valence-electron chi connectivity index (χ0n) is 14.7. The number of anilines is 1. The van der Waals surface area contributed by atoms with Gasteiger partial charge < -0.3 is 10.1 Å². The van der Waals surface area contributed by atoms with E-state index in [1.54, 1.807) is 0 Å². The molecule has 1 aliphatic rings. The van der Waals surface area contributed by atoms with Crippen LogP contribution in [0.1, 0.15) is 31.9 Å². The Morgan fingerprint density at radius 2 is 1.80 bits per heavy atom. The lowest BCUT2D eigenvalue weighted by molar-refractivity contribution is 0.0509. The lowest BCUT2D eigenvalue weighted by Gasteiger charge is -2.22. The van der Waals surface area contributed by atoms with Crippen LogP contribution < -0.4 is 10.6 Å². The highest BCUT2D eigenvalue weighted by Crippen LogP contribution is 2.23. The van der Waals surface area contributed by atoms with Crippen LogP contribution >= 0.6 is 0 Å². The summed E-state index contributed by atoms with van der Waals surface area (Å²) in [5.74, 6) is 0. The van der Waals surface area contributed by atoms with Crippen molar-refractivity contribution in [2.45, 2.75) is 32.5 Å². The summed E-state index contributed by atoms with van der Waals surface area (Å²) in [6.07, 6.45) is -0.890. The first-order chi connectivity index (χ1) is 11.9. The number of aliphatic imine (C=N–C) groups is 1. The Balaban J connectivity index is 1.92. The predicted molar refractivity (Wildman–Crippen MR) is 100 cm³/mol. The average molecular weight is 337 g/mol. The van der Waals surface area contributed by atoms with Crippen LogP contribution in [0.2, 0.25) is 0 Å². The third kappa shape index (κ3) is 4.38. The van der Waals surface area contributed by atoms with Gasteiger partial charge >= 0.3 is 6.09 Å². The molecule has 130 valence electrons. The van der Waals surface area contributed by atoms with Gasteiger partial charge in [-0.05, 0) is 26.8 Å². The maximum absolute atomic E-state index is 12.1. The number of alkyl carbamates (subject to hydrolysis) is 1. The molecule has 5 nitrogen and oxygen atoms in total. The van der Waals surface area contributed by atoms with Crippen LogP contribution in [0.25, 0.3) is 0 Å². The van der Waals surface area contributed by atoms with Crippen molar-refractivity contribution in [2.24, 2.45) is 4.99 Å². The van der Waals surface area contributed by atoms with Crippen molar-refractivity contribution < 1.29 is 9.53 Å². The fourth-order valence-corrected chi connectivity index (χ4v) is 2.67. The van der Waals surface area contributed by atoms with Crippen molar-refractivity contribution >= 4 is 17.5 Å². The molecule has 0 radical (unpaired) electrons. The standard InChI is InChI=1S/C20H23N3O2/c1-20(2,3)25-19(24)23-17-13-21-16-12-8-7-11-15(16)18(22-17)14-9-5-4-6-10-14/h4-12,17,21H,13H2,1-3H3,(H,23,24). The zero-order valence-corrected chi connectivity index (χ0v) is 14.7. The van der Waals surface area contributed by atoms with Crippen LogP contribution in [-0.2, 0) is 4.74 Å². The number of nitrogens with zero attached hydrogens (tertiary/aromatic N) is 1.